The van der Waals surface area contributed by atoms with Crippen LogP contribution < -0.4 is 9.47 Å². The van der Waals surface area contributed by atoms with Crippen LogP contribution in [0.3, 0.4) is 0 Å². The summed E-state index contributed by atoms with van der Waals surface area (Å²) in [5, 5.41) is 0. The SMILES string of the molecule is COc1ccccc1OCC(=O)N1CCN(C(=O)Cc2ccccc2)CC1. The monoisotopic (exact) mass is 368 g/mol. The van der Waals surface area contributed by atoms with E-state index in [0.717, 1.165) is 5.56 Å². The van der Waals surface area contributed by atoms with Gasteiger partial charge in [0.25, 0.3) is 5.91 Å². The van der Waals surface area contributed by atoms with E-state index in [1.54, 1.807) is 24.1 Å². The van der Waals surface area contributed by atoms with Crippen LogP contribution in [0, 0.1) is 0 Å². The van der Waals surface area contributed by atoms with Crippen LogP contribution in [0.2, 0.25) is 0 Å². The summed E-state index contributed by atoms with van der Waals surface area (Å²) in [6.45, 7) is 2.10. The lowest BCUT2D eigenvalue weighted by molar-refractivity contribution is -0.140. The highest BCUT2D eigenvalue weighted by atomic mass is 16.5. The summed E-state index contributed by atoms with van der Waals surface area (Å²) in [5.41, 5.74) is 1.01. The zero-order valence-corrected chi connectivity index (χ0v) is 15.5. The molecule has 0 aliphatic carbocycles. The molecule has 0 unspecified atom stereocenters. The van der Waals surface area contributed by atoms with Crippen LogP contribution in [-0.4, -0.2) is 61.5 Å². The van der Waals surface area contributed by atoms with E-state index in [2.05, 4.69) is 0 Å². The van der Waals surface area contributed by atoms with Crippen LogP contribution in [-0.2, 0) is 16.0 Å². The molecule has 6 nitrogen and oxygen atoms in total. The first-order valence-electron chi connectivity index (χ1n) is 9.02. The standard InChI is InChI=1S/C21H24N2O4/c1-26-18-9-5-6-10-19(18)27-16-21(25)23-13-11-22(12-14-23)20(24)15-17-7-3-2-4-8-17/h2-10H,11-16H2,1H3. The highest BCUT2D eigenvalue weighted by Gasteiger charge is 2.24. The first kappa shape index (κ1) is 18.8. The molecule has 0 saturated carbocycles. The summed E-state index contributed by atoms with van der Waals surface area (Å²) in [6, 6.07) is 16.9. The molecule has 2 amide bonds. The second-order valence-corrected chi connectivity index (χ2v) is 6.36. The maximum absolute atomic E-state index is 12.4. The number of hydrogen-bond donors (Lipinski definition) is 0. The predicted octanol–water partition coefficient (Wildman–Crippen LogP) is 1.99. The molecule has 1 heterocycles. The fourth-order valence-electron chi connectivity index (χ4n) is 3.06. The first-order chi connectivity index (χ1) is 13.2. The largest absolute Gasteiger partial charge is 0.493 e. The fourth-order valence-corrected chi connectivity index (χ4v) is 3.06. The van der Waals surface area contributed by atoms with Gasteiger partial charge < -0.3 is 19.3 Å². The van der Waals surface area contributed by atoms with Crippen LogP contribution >= 0.6 is 0 Å². The number of carbonyl (C=O) groups is 2. The summed E-state index contributed by atoms with van der Waals surface area (Å²) in [4.78, 5) is 28.4. The number of benzene rings is 2. The smallest absolute Gasteiger partial charge is 0.260 e. The summed E-state index contributed by atoms with van der Waals surface area (Å²) in [7, 11) is 1.57. The van der Waals surface area contributed by atoms with Crippen molar-refractivity contribution < 1.29 is 19.1 Å². The van der Waals surface area contributed by atoms with Crippen molar-refractivity contribution >= 4 is 11.8 Å². The lowest BCUT2D eigenvalue weighted by Gasteiger charge is -2.34. The van der Waals surface area contributed by atoms with Crippen molar-refractivity contribution in [3.05, 3.63) is 60.2 Å². The van der Waals surface area contributed by atoms with Gasteiger partial charge in [0, 0.05) is 26.2 Å². The Morgan fingerprint density at radius 3 is 2.00 bits per heavy atom. The van der Waals surface area contributed by atoms with Gasteiger partial charge in [-0.3, -0.25) is 9.59 Å². The van der Waals surface area contributed by atoms with Gasteiger partial charge >= 0.3 is 0 Å². The van der Waals surface area contributed by atoms with Gasteiger partial charge in [-0.2, -0.15) is 0 Å². The Kier molecular flexibility index (Phi) is 6.30. The maximum Gasteiger partial charge on any atom is 0.260 e. The third-order valence-electron chi connectivity index (χ3n) is 4.60. The molecule has 2 aromatic carbocycles. The van der Waals surface area contributed by atoms with E-state index in [-0.39, 0.29) is 18.4 Å². The van der Waals surface area contributed by atoms with Crippen LogP contribution in [0.4, 0.5) is 0 Å². The summed E-state index contributed by atoms with van der Waals surface area (Å²) < 4.78 is 10.8. The van der Waals surface area contributed by atoms with E-state index in [9.17, 15) is 9.59 Å². The predicted molar refractivity (Wildman–Crippen MR) is 102 cm³/mol. The molecule has 1 fully saturated rings. The van der Waals surface area contributed by atoms with E-state index in [0.29, 0.717) is 44.1 Å². The van der Waals surface area contributed by atoms with Gasteiger partial charge in [-0.15, -0.1) is 0 Å². The van der Waals surface area contributed by atoms with Gasteiger partial charge in [0.1, 0.15) is 0 Å². The Morgan fingerprint density at radius 1 is 0.815 bits per heavy atom. The van der Waals surface area contributed by atoms with Crippen molar-refractivity contribution in [1.82, 2.24) is 9.80 Å². The lowest BCUT2D eigenvalue weighted by Crippen LogP contribution is -2.52. The minimum absolute atomic E-state index is 0.0433. The number of amides is 2. The number of carbonyl (C=O) groups excluding carboxylic acids is 2. The molecule has 1 saturated heterocycles. The molecular formula is C21H24N2O4. The van der Waals surface area contributed by atoms with Crippen LogP contribution in [0.15, 0.2) is 54.6 Å². The van der Waals surface area contributed by atoms with E-state index < -0.39 is 0 Å². The minimum Gasteiger partial charge on any atom is -0.493 e. The number of ether oxygens (including phenoxy) is 2. The minimum atomic E-state index is -0.0870. The van der Waals surface area contributed by atoms with Gasteiger partial charge in [0.15, 0.2) is 18.1 Å². The summed E-state index contributed by atoms with van der Waals surface area (Å²) in [5.74, 6) is 1.15. The molecule has 1 aliphatic rings. The summed E-state index contributed by atoms with van der Waals surface area (Å²) >= 11 is 0. The number of piperazine rings is 1. The molecule has 1 aliphatic heterocycles. The van der Waals surface area contributed by atoms with Crippen LogP contribution in [0.25, 0.3) is 0 Å². The second kappa shape index (κ2) is 9.07. The van der Waals surface area contributed by atoms with Crippen molar-refractivity contribution in [2.45, 2.75) is 6.42 Å². The van der Waals surface area contributed by atoms with Crippen LogP contribution in [0.5, 0.6) is 11.5 Å². The normalized spacial score (nSPS) is 14.0. The molecule has 0 radical (unpaired) electrons. The third kappa shape index (κ3) is 5.00. The molecule has 2 aromatic rings. The number of rotatable bonds is 6. The summed E-state index contributed by atoms with van der Waals surface area (Å²) in [6.07, 6.45) is 0.395. The van der Waals surface area contributed by atoms with E-state index in [1.807, 2.05) is 47.4 Å². The molecule has 142 valence electrons. The number of nitrogens with zero attached hydrogens (tertiary/aromatic N) is 2. The Balaban J connectivity index is 1.45. The second-order valence-electron chi connectivity index (χ2n) is 6.36. The number of hydrogen-bond acceptors (Lipinski definition) is 4. The van der Waals surface area contributed by atoms with Crippen molar-refractivity contribution in [3.8, 4) is 11.5 Å². The quantitative estimate of drug-likeness (QED) is 0.782. The number of methoxy groups -OCH3 is 1. The Morgan fingerprint density at radius 2 is 1.37 bits per heavy atom. The third-order valence-corrected chi connectivity index (χ3v) is 4.60. The molecule has 6 heteroatoms. The van der Waals surface area contributed by atoms with Gasteiger partial charge in [0.2, 0.25) is 5.91 Å². The van der Waals surface area contributed by atoms with Crippen molar-refractivity contribution in [2.75, 3.05) is 39.9 Å². The fraction of sp³-hybridized carbons (Fsp3) is 0.333. The Labute approximate surface area is 159 Å². The van der Waals surface area contributed by atoms with Gasteiger partial charge in [0.05, 0.1) is 13.5 Å². The van der Waals surface area contributed by atoms with Crippen LogP contribution in [0.1, 0.15) is 5.56 Å². The molecule has 0 atom stereocenters. The molecule has 0 aromatic heterocycles. The Hall–Kier alpha value is -3.02. The molecular weight excluding hydrogens is 344 g/mol. The van der Waals surface area contributed by atoms with E-state index in [4.69, 9.17) is 9.47 Å². The first-order valence-corrected chi connectivity index (χ1v) is 9.02. The molecule has 0 spiro atoms. The molecule has 27 heavy (non-hydrogen) atoms. The average molecular weight is 368 g/mol. The zero-order chi connectivity index (χ0) is 19.1. The molecule has 3 rings (SSSR count). The van der Waals surface area contributed by atoms with E-state index >= 15 is 0 Å². The van der Waals surface area contributed by atoms with Gasteiger partial charge in [-0.25, -0.2) is 0 Å². The molecule has 0 N–H and O–H groups in total. The maximum atomic E-state index is 12.4. The Bertz CT molecular complexity index is 771. The van der Waals surface area contributed by atoms with Crippen molar-refractivity contribution in [2.24, 2.45) is 0 Å². The van der Waals surface area contributed by atoms with Crippen molar-refractivity contribution in [1.29, 1.82) is 0 Å². The molecule has 0 bridgehead atoms. The zero-order valence-electron chi connectivity index (χ0n) is 15.5. The highest BCUT2D eigenvalue weighted by Crippen LogP contribution is 2.25. The van der Waals surface area contributed by atoms with Gasteiger partial charge in [-0.05, 0) is 17.7 Å². The van der Waals surface area contributed by atoms with E-state index in [1.165, 1.54) is 0 Å². The number of para-hydroxylation sites is 2. The van der Waals surface area contributed by atoms with Gasteiger partial charge in [-0.1, -0.05) is 42.5 Å². The van der Waals surface area contributed by atoms with Crippen molar-refractivity contribution in [3.63, 3.8) is 0 Å². The highest BCUT2D eigenvalue weighted by molar-refractivity contribution is 5.80. The average Bonchev–Trinajstić information content (AvgIpc) is 2.73. The lowest BCUT2D eigenvalue weighted by atomic mass is 10.1. The topological polar surface area (TPSA) is 59.1 Å².